The standard InChI is InChI=1S/C15H30N2O2S2/c1-4-15(5-2,11-16-13-6-7-13)12-17-8-9-20-10-14(17)21(3,18)19/h13-14,16H,4-12H2,1-3H3. The first-order chi connectivity index (χ1) is 9.90. The van der Waals surface area contributed by atoms with Crippen LogP contribution in [0.3, 0.4) is 0 Å². The second kappa shape index (κ2) is 7.20. The second-order valence-electron chi connectivity index (χ2n) is 6.69. The van der Waals surface area contributed by atoms with Crippen LogP contribution >= 0.6 is 11.8 Å². The molecule has 1 saturated heterocycles. The van der Waals surface area contributed by atoms with Crippen molar-refractivity contribution < 1.29 is 8.42 Å². The van der Waals surface area contributed by atoms with Gasteiger partial charge in [0, 0.05) is 43.4 Å². The zero-order valence-electron chi connectivity index (χ0n) is 13.6. The van der Waals surface area contributed by atoms with Crippen molar-refractivity contribution in [3.05, 3.63) is 0 Å². The Bertz CT molecular complexity index is 431. The van der Waals surface area contributed by atoms with Gasteiger partial charge in [-0.2, -0.15) is 11.8 Å². The average molecular weight is 335 g/mol. The summed E-state index contributed by atoms with van der Waals surface area (Å²) in [6, 6.07) is 0.713. The molecule has 0 aromatic heterocycles. The zero-order chi connectivity index (χ0) is 15.5. The summed E-state index contributed by atoms with van der Waals surface area (Å²) in [4.78, 5) is 2.23. The van der Waals surface area contributed by atoms with Crippen molar-refractivity contribution in [1.29, 1.82) is 0 Å². The fraction of sp³-hybridized carbons (Fsp3) is 1.00. The van der Waals surface area contributed by atoms with Gasteiger partial charge in [-0.3, -0.25) is 4.90 Å². The molecule has 1 atom stereocenters. The molecule has 2 aliphatic rings. The van der Waals surface area contributed by atoms with Crippen LogP contribution in [0.25, 0.3) is 0 Å². The molecule has 124 valence electrons. The third-order valence-corrected chi connectivity index (χ3v) is 7.75. The second-order valence-corrected chi connectivity index (χ2v) is 10.0. The summed E-state index contributed by atoms with van der Waals surface area (Å²) in [5.74, 6) is 1.77. The fourth-order valence-electron chi connectivity index (χ4n) is 3.05. The Morgan fingerprint density at radius 3 is 2.48 bits per heavy atom. The maximum absolute atomic E-state index is 12.1. The molecule has 1 aliphatic heterocycles. The first-order valence-corrected chi connectivity index (χ1v) is 11.2. The van der Waals surface area contributed by atoms with E-state index in [1.165, 1.54) is 19.1 Å². The van der Waals surface area contributed by atoms with E-state index in [0.29, 0.717) is 6.04 Å². The van der Waals surface area contributed by atoms with E-state index < -0.39 is 9.84 Å². The van der Waals surface area contributed by atoms with Crippen LogP contribution in [0.4, 0.5) is 0 Å². The van der Waals surface area contributed by atoms with Crippen LogP contribution in [0.1, 0.15) is 39.5 Å². The number of rotatable bonds is 8. The summed E-state index contributed by atoms with van der Waals surface area (Å²) in [6.07, 6.45) is 6.19. The average Bonchev–Trinajstić information content (AvgIpc) is 3.27. The highest BCUT2D eigenvalue weighted by atomic mass is 32.2. The Hall–Kier alpha value is 0.220. The Kier molecular flexibility index (Phi) is 6.02. The lowest BCUT2D eigenvalue weighted by Crippen LogP contribution is -2.53. The smallest absolute Gasteiger partial charge is 0.164 e. The van der Waals surface area contributed by atoms with Gasteiger partial charge in [-0.05, 0) is 31.1 Å². The van der Waals surface area contributed by atoms with Gasteiger partial charge in [0.25, 0.3) is 0 Å². The monoisotopic (exact) mass is 334 g/mol. The minimum atomic E-state index is -3.00. The topological polar surface area (TPSA) is 49.4 Å². The third-order valence-electron chi connectivity index (χ3n) is 5.07. The summed E-state index contributed by atoms with van der Waals surface area (Å²) >= 11 is 1.77. The van der Waals surface area contributed by atoms with Gasteiger partial charge in [0.2, 0.25) is 0 Å². The van der Waals surface area contributed by atoms with E-state index in [1.54, 1.807) is 11.8 Å². The molecule has 1 heterocycles. The van der Waals surface area contributed by atoms with Crippen molar-refractivity contribution >= 4 is 21.6 Å². The molecule has 2 fully saturated rings. The van der Waals surface area contributed by atoms with E-state index in [0.717, 1.165) is 44.0 Å². The van der Waals surface area contributed by atoms with Crippen LogP contribution in [-0.4, -0.2) is 62.1 Å². The molecular weight excluding hydrogens is 304 g/mol. The Morgan fingerprint density at radius 2 is 1.95 bits per heavy atom. The minimum Gasteiger partial charge on any atom is -0.313 e. The van der Waals surface area contributed by atoms with Crippen molar-refractivity contribution in [3.8, 4) is 0 Å². The van der Waals surface area contributed by atoms with Gasteiger partial charge in [0.05, 0.1) is 0 Å². The first-order valence-electron chi connectivity index (χ1n) is 8.14. The highest BCUT2D eigenvalue weighted by Crippen LogP contribution is 2.32. The molecule has 0 amide bonds. The van der Waals surface area contributed by atoms with Crippen LogP contribution < -0.4 is 5.32 Å². The number of nitrogens with one attached hydrogen (secondary N) is 1. The van der Waals surface area contributed by atoms with Gasteiger partial charge >= 0.3 is 0 Å². The summed E-state index contributed by atoms with van der Waals surface area (Å²) in [5.41, 5.74) is 0.202. The molecule has 0 radical (unpaired) electrons. The van der Waals surface area contributed by atoms with Gasteiger partial charge in [-0.25, -0.2) is 8.42 Å². The SMILES string of the molecule is CCC(CC)(CNC1CC1)CN1CCSCC1S(C)(=O)=O. The number of hydrogen-bond acceptors (Lipinski definition) is 5. The van der Waals surface area contributed by atoms with Crippen molar-refractivity contribution in [2.75, 3.05) is 37.4 Å². The summed E-state index contributed by atoms with van der Waals surface area (Å²) in [7, 11) is -3.00. The van der Waals surface area contributed by atoms with E-state index in [4.69, 9.17) is 0 Å². The van der Waals surface area contributed by atoms with E-state index >= 15 is 0 Å². The van der Waals surface area contributed by atoms with Crippen molar-refractivity contribution in [2.24, 2.45) is 5.41 Å². The largest absolute Gasteiger partial charge is 0.313 e. The predicted octanol–water partition coefficient (Wildman–Crippen LogP) is 1.96. The lowest BCUT2D eigenvalue weighted by molar-refractivity contribution is 0.131. The molecule has 0 aromatic rings. The van der Waals surface area contributed by atoms with Crippen molar-refractivity contribution in [3.63, 3.8) is 0 Å². The van der Waals surface area contributed by atoms with Gasteiger partial charge in [-0.15, -0.1) is 0 Å². The number of nitrogens with zero attached hydrogens (tertiary/aromatic N) is 1. The summed E-state index contributed by atoms with van der Waals surface area (Å²) in [5, 5.41) is 3.36. The highest BCUT2D eigenvalue weighted by Gasteiger charge is 2.37. The van der Waals surface area contributed by atoms with Gasteiger partial charge in [0.1, 0.15) is 5.37 Å². The minimum absolute atomic E-state index is 0.202. The quantitative estimate of drug-likeness (QED) is 0.735. The maximum atomic E-state index is 12.1. The van der Waals surface area contributed by atoms with Gasteiger partial charge in [0.15, 0.2) is 9.84 Å². The predicted molar refractivity (Wildman–Crippen MR) is 91.6 cm³/mol. The van der Waals surface area contributed by atoms with Crippen molar-refractivity contribution in [2.45, 2.75) is 50.9 Å². The Morgan fingerprint density at radius 1 is 1.29 bits per heavy atom. The number of sulfone groups is 1. The lowest BCUT2D eigenvalue weighted by atomic mass is 9.81. The zero-order valence-corrected chi connectivity index (χ0v) is 15.2. The van der Waals surface area contributed by atoms with Gasteiger partial charge in [-0.1, -0.05) is 13.8 Å². The molecule has 0 bridgehead atoms. The van der Waals surface area contributed by atoms with E-state index in [1.807, 2.05) is 0 Å². The maximum Gasteiger partial charge on any atom is 0.164 e. The lowest BCUT2D eigenvalue weighted by Gasteiger charge is -2.42. The number of thioether (sulfide) groups is 1. The Balaban J connectivity index is 2.05. The van der Waals surface area contributed by atoms with E-state index in [-0.39, 0.29) is 10.8 Å². The van der Waals surface area contributed by atoms with Crippen LogP contribution in [0.15, 0.2) is 0 Å². The van der Waals surface area contributed by atoms with Crippen LogP contribution in [0, 0.1) is 5.41 Å². The van der Waals surface area contributed by atoms with Crippen LogP contribution in [-0.2, 0) is 9.84 Å². The number of hydrogen-bond donors (Lipinski definition) is 1. The molecule has 2 rings (SSSR count). The Labute approximate surface area is 134 Å². The molecule has 1 aliphatic carbocycles. The molecule has 1 saturated carbocycles. The molecule has 1 N–H and O–H groups in total. The first kappa shape index (κ1) is 17.6. The van der Waals surface area contributed by atoms with E-state index in [9.17, 15) is 8.42 Å². The summed E-state index contributed by atoms with van der Waals surface area (Å²) in [6.45, 7) is 7.30. The molecule has 4 nitrogen and oxygen atoms in total. The molecule has 1 unspecified atom stereocenters. The molecule has 0 aromatic carbocycles. The molecule has 21 heavy (non-hydrogen) atoms. The molecular formula is C15H30N2O2S2. The van der Waals surface area contributed by atoms with Crippen LogP contribution in [0.2, 0.25) is 0 Å². The summed E-state index contributed by atoms with van der Waals surface area (Å²) < 4.78 is 24.1. The highest BCUT2D eigenvalue weighted by molar-refractivity contribution is 8.00. The fourth-order valence-corrected chi connectivity index (χ4v) is 5.99. The van der Waals surface area contributed by atoms with Crippen LogP contribution in [0.5, 0.6) is 0 Å². The van der Waals surface area contributed by atoms with Gasteiger partial charge < -0.3 is 5.32 Å². The van der Waals surface area contributed by atoms with Crippen molar-refractivity contribution in [1.82, 2.24) is 10.2 Å². The van der Waals surface area contributed by atoms with E-state index in [2.05, 4.69) is 24.1 Å². The molecule has 0 spiro atoms. The third kappa shape index (κ3) is 4.85. The normalized spacial score (nSPS) is 25.2. The molecule has 6 heteroatoms.